The van der Waals surface area contributed by atoms with Gasteiger partial charge in [0.05, 0.1) is 16.2 Å². The second kappa shape index (κ2) is 4.77. The van der Waals surface area contributed by atoms with Crippen molar-refractivity contribution in [3.8, 4) is 11.5 Å². The summed E-state index contributed by atoms with van der Waals surface area (Å²) in [7, 11) is 0. The Morgan fingerprint density at radius 3 is 2.84 bits per heavy atom. The van der Waals surface area contributed by atoms with Gasteiger partial charge in [-0.2, -0.15) is 0 Å². The summed E-state index contributed by atoms with van der Waals surface area (Å²) in [6.45, 7) is 4.30. The molecule has 0 saturated heterocycles. The van der Waals surface area contributed by atoms with Crippen LogP contribution in [-0.2, 0) is 0 Å². The largest absolute Gasteiger partial charge is 0.454 e. The van der Waals surface area contributed by atoms with Gasteiger partial charge in [-0.1, -0.05) is 0 Å². The Hall–Kier alpha value is -1.11. The number of hydrogen-bond donors (Lipinski definition) is 1. The topological polar surface area (TPSA) is 57.4 Å². The van der Waals surface area contributed by atoms with Gasteiger partial charge in [0.2, 0.25) is 6.79 Å². The van der Waals surface area contributed by atoms with Crippen molar-refractivity contribution in [3.05, 3.63) is 37.7 Å². The van der Waals surface area contributed by atoms with E-state index in [2.05, 4.69) is 27.8 Å². The molecule has 0 amide bonds. The van der Waals surface area contributed by atoms with Crippen molar-refractivity contribution in [2.45, 2.75) is 19.9 Å². The highest BCUT2D eigenvalue weighted by Crippen LogP contribution is 2.42. The molecule has 4 nitrogen and oxygen atoms in total. The summed E-state index contributed by atoms with van der Waals surface area (Å²) in [5.41, 5.74) is 8.29. The molecule has 0 spiro atoms. The van der Waals surface area contributed by atoms with Gasteiger partial charge < -0.3 is 15.2 Å². The van der Waals surface area contributed by atoms with Crippen molar-refractivity contribution in [2.24, 2.45) is 5.73 Å². The van der Waals surface area contributed by atoms with Crippen molar-refractivity contribution in [1.82, 2.24) is 4.98 Å². The number of benzene rings is 1. The van der Waals surface area contributed by atoms with E-state index in [0.717, 1.165) is 32.2 Å². The number of ether oxygens (including phenoxy) is 2. The lowest BCUT2D eigenvalue weighted by Crippen LogP contribution is -2.11. The van der Waals surface area contributed by atoms with Gasteiger partial charge in [-0.3, -0.25) is 0 Å². The summed E-state index contributed by atoms with van der Waals surface area (Å²) in [6.07, 6.45) is 0. The van der Waals surface area contributed by atoms with Crippen molar-refractivity contribution in [2.75, 3.05) is 6.79 Å². The average Bonchev–Trinajstić information content (AvgIpc) is 2.96. The molecule has 2 N–H and O–H groups in total. The van der Waals surface area contributed by atoms with E-state index in [1.54, 1.807) is 11.3 Å². The predicted molar refractivity (Wildman–Crippen MR) is 77.9 cm³/mol. The number of rotatable bonds is 2. The van der Waals surface area contributed by atoms with Crippen LogP contribution in [0.25, 0.3) is 0 Å². The molecule has 0 aliphatic carbocycles. The van der Waals surface area contributed by atoms with Gasteiger partial charge >= 0.3 is 0 Å². The number of nitrogens with two attached hydrogens (primary N) is 1. The highest BCUT2D eigenvalue weighted by molar-refractivity contribution is 9.10. The first-order valence-corrected chi connectivity index (χ1v) is 7.45. The van der Waals surface area contributed by atoms with E-state index in [4.69, 9.17) is 15.2 Å². The summed E-state index contributed by atoms with van der Waals surface area (Å²) in [4.78, 5) is 5.72. The normalized spacial score (nSPS) is 14.7. The first-order valence-electron chi connectivity index (χ1n) is 5.85. The third kappa shape index (κ3) is 2.24. The van der Waals surface area contributed by atoms with Crippen LogP contribution < -0.4 is 15.2 Å². The minimum Gasteiger partial charge on any atom is -0.454 e. The van der Waals surface area contributed by atoms with Gasteiger partial charge in [-0.15, -0.1) is 11.3 Å². The van der Waals surface area contributed by atoms with E-state index in [0.29, 0.717) is 0 Å². The molecule has 3 rings (SSSR count). The van der Waals surface area contributed by atoms with Crippen LogP contribution >= 0.6 is 27.3 Å². The smallest absolute Gasteiger partial charge is 0.231 e. The lowest BCUT2D eigenvalue weighted by molar-refractivity contribution is 0.173. The fraction of sp³-hybridized carbons (Fsp3) is 0.308. The molecule has 100 valence electrons. The van der Waals surface area contributed by atoms with E-state index in [1.807, 2.05) is 19.1 Å². The molecular weight excluding hydrogens is 328 g/mol. The van der Waals surface area contributed by atoms with Crippen LogP contribution in [0.2, 0.25) is 0 Å². The van der Waals surface area contributed by atoms with Crippen LogP contribution in [0.4, 0.5) is 0 Å². The predicted octanol–water partition coefficient (Wildman–Crippen LogP) is 3.30. The van der Waals surface area contributed by atoms with Gasteiger partial charge in [0.1, 0.15) is 5.01 Å². The third-order valence-corrected chi connectivity index (χ3v) is 4.86. The van der Waals surface area contributed by atoms with E-state index in [-0.39, 0.29) is 12.8 Å². The highest BCUT2D eigenvalue weighted by atomic mass is 79.9. The molecule has 6 heteroatoms. The first-order chi connectivity index (χ1) is 9.06. The summed E-state index contributed by atoms with van der Waals surface area (Å²) in [6, 6.07) is 3.64. The van der Waals surface area contributed by atoms with Gasteiger partial charge in [0.25, 0.3) is 0 Å². The van der Waals surface area contributed by atoms with E-state index < -0.39 is 0 Å². The van der Waals surface area contributed by atoms with Crippen molar-refractivity contribution in [1.29, 1.82) is 0 Å². The molecule has 1 aromatic heterocycles. The summed E-state index contributed by atoms with van der Waals surface area (Å²) in [5.74, 6) is 1.47. The lowest BCUT2D eigenvalue weighted by atomic mass is 10.1. The Kier molecular flexibility index (Phi) is 3.24. The summed E-state index contributed by atoms with van der Waals surface area (Å²) >= 11 is 5.11. The van der Waals surface area contributed by atoms with Gasteiger partial charge in [0, 0.05) is 4.88 Å². The number of aryl methyl sites for hydroxylation is 2. The Bertz CT molecular complexity index is 622. The second-order valence-electron chi connectivity index (χ2n) is 4.41. The van der Waals surface area contributed by atoms with Crippen molar-refractivity contribution in [3.63, 3.8) is 0 Å². The number of nitrogens with zero attached hydrogens (tertiary/aromatic N) is 1. The van der Waals surface area contributed by atoms with E-state index >= 15 is 0 Å². The van der Waals surface area contributed by atoms with Crippen LogP contribution in [0.5, 0.6) is 11.5 Å². The van der Waals surface area contributed by atoms with Gasteiger partial charge in [-0.05, 0) is 47.5 Å². The Balaban J connectivity index is 2.00. The molecular formula is C13H13BrN2O2S. The Morgan fingerprint density at radius 2 is 2.16 bits per heavy atom. The average molecular weight is 341 g/mol. The van der Waals surface area contributed by atoms with Crippen molar-refractivity contribution >= 4 is 27.3 Å². The number of aromatic nitrogens is 1. The van der Waals surface area contributed by atoms with E-state index in [9.17, 15) is 0 Å². The molecule has 2 aromatic rings. The lowest BCUT2D eigenvalue weighted by Gasteiger charge is -2.11. The summed E-state index contributed by atoms with van der Waals surface area (Å²) < 4.78 is 11.6. The van der Waals surface area contributed by atoms with Crippen LogP contribution in [0.15, 0.2) is 16.6 Å². The molecule has 1 aromatic carbocycles. The fourth-order valence-corrected chi connectivity index (χ4v) is 3.47. The molecule has 1 aliphatic rings. The van der Waals surface area contributed by atoms with Crippen molar-refractivity contribution < 1.29 is 9.47 Å². The standard InChI is InChI=1S/C13H13BrN2O2S/c1-6-7(2)19-13(16-6)11(15)8-3-9(14)12-10(4-8)17-5-18-12/h3-4,11H,5,15H2,1-2H3. The van der Waals surface area contributed by atoms with Crippen LogP contribution in [0.3, 0.4) is 0 Å². The van der Waals surface area contributed by atoms with Gasteiger partial charge in [0.15, 0.2) is 11.5 Å². The van der Waals surface area contributed by atoms with Crippen LogP contribution in [-0.4, -0.2) is 11.8 Å². The summed E-state index contributed by atoms with van der Waals surface area (Å²) in [5, 5.41) is 0.917. The SMILES string of the molecule is Cc1nc(C(N)c2cc(Br)c3c(c2)OCO3)sc1C. The molecule has 0 fully saturated rings. The molecule has 2 heterocycles. The number of hydrogen-bond acceptors (Lipinski definition) is 5. The number of fused-ring (bicyclic) bond motifs is 1. The first kappa shape index (κ1) is 12.9. The minimum atomic E-state index is -0.247. The maximum atomic E-state index is 6.29. The monoisotopic (exact) mass is 340 g/mol. The molecule has 0 radical (unpaired) electrons. The van der Waals surface area contributed by atoms with Crippen LogP contribution in [0.1, 0.15) is 27.2 Å². The van der Waals surface area contributed by atoms with Gasteiger partial charge in [-0.25, -0.2) is 4.98 Å². The Labute approximate surface area is 123 Å². The fourth-order valence-electron chi connectivity index (χ4n) is 1.94. The zero-order chi connectivity index (χ0) is 13.6. The maximum Gasteiger partial charge on any atom is 0.231 e. The van der Waals surface area contributed by atoms with Crippen LogP contribution in [0, 0.1) is 13.8 Å². The third-order valence-electron chi connectivity index (χ3n) is 3.12. The Morgan fingerprint density at radius 1 is 1.37 bits per heavy atom. The molecule has 19 heavy (non-hydrogen) atoms. The molecule has 1 aliphatic heterocycles. The molecule has 0 bridgehead atoms. The molecule has 1 atom stereocenters. The zero-order valence-corrected chi connectivity index (χ0v) is 13.0. The molecule has 0 saturated carbocycles. The number of thiazole rings is 1. The highest BCUT2D eigenvalue weighted by Gasteiger charge is 2.22. The second-order valence-corrected chi connectivity index (χ2v) is 6.50. The minimum absolute atomic E-state index is 0.247. The zero-order valence-electron chi connectivity index (χ0n) is 10.6. The van der Waals surface area contributed by atoms with E-state index in [1.165, 1.54) is 4.88 Å². The number of halogens is 1. The molecule has 1 unspecified atom stereocenters. The maximum absolute atomic E-state index is 6.29. The quantitative estimate of drug-likeness (QED) is 0.911.